The summed E-state index contributed by atoms with van der Waals surface area (Å²) in [4.78, 5) is 13.2. The minimum atomic E-state index is -0.274. The van der Waals surface area contributed by atoms with Crippen molar-refractivity contribution in [2.24, 2.45) is 0 Å². The molecule has 0 fully saturated rings. The number of nitrogens with zero attached hydrogens (tertiary/aromatic N) is 5. The number of halogens is 1. The molecule has 0 atom stereocenters. The van der Waals surface area contributed by atoms with E-state index in [1.165, 1.54) is 9.58 Å². The lowest BCUT2D eigenvalue weighted by atomic mass is 10.1. The molecule has 0 bridgehead atoms. The first-order chi connectivity index (χ1) is 8.58. The maximum absolute atomic E-state index is 11.8. The molecule has 1 heterocycles. The highest BCUT2D eigenvalue weighted by molar-refractivity contribution is 6.30. The maximum Gasteiger partial charge on any atom is 0.347 e. The monoisotopic (exact) mass is 265 g/mol. The third-order valence-corrected chi connectivity index (χ3v) is 2.63. The molecule has 1 aromatic carbocycles. The molecule has 7 heteroatoms. The van der Waals surface area contributed by atoms with Gasteiger partial charge in [-0.1, -0.05) is 23.7 Å². The first-order valence-electron chi connectivity index (χ1n) is 5.31. The van der Waals surface area contributed by atoms with E-state index >= 15 is 0 Å². The Hall–Kier alpha value is -1.95. The van der Waals surface area contributed by atoms with Crippen LogP contribution in [0.3, 0.4) is 0 Å². The summed E-state index contributed by atoms with van der Waals surface area (Å²) in [7, 11) is 3.30. The average molecular weight is 266 g/mol. The van der Waals surface area contributed by atoms with Gasteiger partial charge < -0.3 is 4.90 Å². The Bertz CT molecular complexity index is 549. The van der Waals surface area contributed by atoms with Crippen molar-refractivity contribution in [3.05, 3.63) is 40.7 Å². The first kappa shape index (κ1) is 12.5. The number of amides is 1. The summed E-state index contributed by atoms with van der Waals surface area (Å²) in [5, 5.41) is 11.7. The zero-order valence-corrected chi connectivity index (χ0v) is 10.8. The topological polar surface area (TPSA) is 63.9 Å². The van der Waals surface area contributed by atoms with Gasteiger partial charge in [0.15, 0.2) is 5.82 Å². The molecule has 0 radical (unpaired) electrons. The van der Waals surface area contributed by atoms with E-state index in [2.05, 4.69) is 15.5 Å². The molecule has 0 saturated heterocycles. The van der Waals surface area contributed by atoms with E-state index in [4.69, 9.17) is 11.6 Å². The second-order valence-corrected chi connectivity index (χ2v) is 4.42. The van der Waals surface area contributed by atoms with Crippen molar-refractivity contribution in [2.75, 3.05) is 14.1 Å². The van der Waals surface area contributed by atoms with Gasteiger partial charge >= 0.3 is 6.03 Å². The van der Waals surface area contributed by atoms with Crippen LogP contribution >= 0.6 is 11.6 Å². The zero-order chi connectivity index (χ0) is 13.1. The molecular formula is C11H12ClN5O. The second-order valence-electron chi connectivity index (χ2n) is 3.99. The number of carbonyl (C=O) groups is 1. The third kappa shape index (κ3) is 2.65. The second kappa shape index (κ2) is 5.14. The van der Waals surface area contributed by atoms with Crippen molar-refractivity contribution in [3.63, 3.8) is 0 Å². The van der Waals surface area contributed by atoms with Crippen LogP contribution in [0.2, 0.25) is 5.02 Å². The van der Waals surface area contributed by atoms with Gasteiger partial charge in [0.2, 0.25) is 0 Å². The number of hydrogen-bond acceptors (Lipinski definition) is 4. The molecule has 0 saturated carbocycles. The summed E-state index contributed by atoms with van der Waals surface area (Å²) in [5.41, 5.74) is 0.988. The summed E-state index contributed by atoms with van der Waals surface area (Å²) in [6, 6.07) is 7.06. The lowest BCUT2D eigenvalue weighted by Gasteiger charge is -2.10. The molecule has 94 valence electrons. The van der Waals surface area contributed by atoms with Crippen LogP contribution in [-0.2, 0) is 6.42 Å². The summed E-state index contributed by atoms with van der Waals surface area (Å²) in [6.07, 6.45) is 0.476. The Balaban J connectivity index is 2.22. The molecule has 0 aliphatic heterocycles. The van der Waals surface area contributed by atoms with E-state index in [0.717, 1.165) is 5.56 Å². The standard InChI is InChI=1S/C11H12ClN5O/c1-16(2)11(18)17-10(13-14-15-17)7-8-3-5-9(12)6-4-8/h3-6H,7H2,1-2H3. The van der Waals surface area contributed by atoms with Gasteiger partial charge in [-0.3, -0.25) is 0 Å². The van der Waals surface area contributed by atoms with E-state index in [1.54, 1.807) is 26.2 Å². The lowest BCUT2D eigenvalue weighted by Crippen LogP contribution is -2.29. The molecular weight excluding hydrogens is 254 g/mol. The van der Waals surface area contributed by atoms with Gasteiger partial charge in [0, 0.05) is 25.5 Å². The molecule has 0 aliphatic carbocycles. The lowest BCUT2D eigenvalue weighted by molar-refractivity contribution is 0.214. The van der Waals surface area contributed by atoms with Crippen LogP contribution in [0.1, 0.15) is 11.4 Å². The van der Waals surface area contributed by atoms with Gasteiger partial charge in [0.1, 0.15) is 0 Å². The molecule has 1 amide bonds. The molecule has 0 aliphatic rings. The Labute approximate surface area is 109 Å². The number of rotatable bonds is 2. The SMILES string of the molecule is CN(C)C(=O)n1nnnc1Cc1ccc(Cl)cc1. The van der Waals surface area contributed by atoms with E-state index in [9.17, 15) is 4.79 Å². The van der Waals surface area contributed by atoms with Crippen molar-refractivity contribution >= 4 is 17.6 Å². The number of benzene rings is 1. The van der Waals surface area contributed by atoms with Crippen molar-refractivity contribution in [1.29, 1.82) is 0 Å². The fourth-order valence-corrected chi connectivity index (χ4v) is 1.56. The predicted octanol–water partition coefficient (Wildman–Crippen LogP) is 1.45. The van der Waals surface area contributed by atoms with E-state index in [1.807, 2.05) is 12.1 Å². The van der Waals surface area contributed by atoms with E-state index in [-0.39, 0.29) is 6.03 Å². The molecule has 0 N–H and O–H groups in total. The third-order valence-electron chi connectivity index (χ3n) is 2.37. The zero-order valence-electron chi connectivity index (χ0n) is 10.0. The summed E-state index contributed by atoms with van der Waals surface area (Å²) in [5.74, 6) is 0.496. The fraction of sp³-hybridized carbons (Fsp3) is 0.273. The van der Waals surface area contributed by atoms with Gasteiger partial charge in [-0.05, 0) is 28.1 Å². The Kier molecular flexibility index (Phi) is 3.57. The maximum atomic E-state index is 11.8. The normalized spacial score (nSPS) is 10.4. The van der Waals surface area contributed by atoms with Gasteiger partial charge in [-0.15, -0.1) is 9.78 Å². The van der Waals surface area contributed by atoms with Crippen molar-refractivity contribution in [1.82, 2.24) is 25.1 Å². The smallest absolute Gasteiger partial charge is 0.329 e. The molecule has 6 nitrogen and oxygen atoms in total. The molecule has 18 heavy (non-hydrogen) atoms. The quantitative estimate of drug-likeness (QED) is 0.771. The number of hydrogen-bond donors (Lipinski definition) is 0. The van der Waals surface area contributed by atoms with Gasteiger partial charge in [0.05, 0.1) is 0 Å². The van der Waals surface area contributed by atoms with Gasteiger partial charge in [0.25, 0.3) is 0 Å². The Morgan fingerprint density at radius 2 is 2.00 bits per heavy atom. The number of aromatic nitrogens is 4. The molecule has 0 unspecified atom stereocenters. The van der Waals surface area contributed by atoms with Gasteiger partial charge in [-0.2, -0.15) is 0 Å². The molecule has 0 spiro atoms. The summed E-state index contributed by atoms with van der Waals surface area (Å²) < 4.78 is 1.19. The van der Waals surface area contributed by atoms with E-state index < -0.39 is 0 Å². The Morgan fingerprint density at radius 3 is 2.61 bits per heavy atom. The van der Waals surface area contributed by atoms with Crippen molar-refractivity contribution in [2.45, 2.75) is 6.42 Å². The highest BCUT2D eigenvalue weighted by atomic mass is 35.5. The highest BCUT2D eigenvalue weighted by Crippen LogP contribution is 2.12. The fourth-order valence-electron chi connectivity index (χ4n) is 1.44. The van der Waals surface area contributed by atoms with E-state index in [0.29, 0.717) is 17.3 Å². The largest absolute Gasteiger partial charge is 0.347 e. The van der Waals surface area contributed by atoms with Crippen molar-refractivity contribution in [3.8, 4) is 0 Å². The minimum Gasteiger partial charge on any atom is -0.329 e. The van der Waals surface area contributed by atoms with Crippen LogP contribution in [0.25, 0.3) is 0 Å². The number of tetrazole rings is 1. The van der Waals surface area contributed by atoms with Gasteiger partial charge in [-0.25, -0.2) is 4.79 Å². The number of carbonyl (C=O) groups excluding carboxylic acids is 1. The molecule has 2 aromatic rings. The van der Waals surface area contributed by atoms with Crippen LogP contribution in [-0.4, -0.2) is 45.2 Å². The molecule has 2 rings (SSSR count). The molecule has 1 aromatic heterocycles. The Morgan fingerprint density at radius 1 is 1.33 bits per heavy atom. The summed E-state index contributed by atoms with van der Waals surface area (Å²) in [6.45, 7) is 0. The van der Waals surface area contributed by atoms with Crippen LogP contribution < -0.4 is 0 Å². The highest BCUT2D eigenvalue weighted by Gasteiger charge is 2.15. The van der Waals surface area contributed by atoms with Crippen LogP contribution in [0.5, 0.6) is 0 Å². The minimum absolute atomic E-state index is 0.274. The van der Waals surface area contributed by atoms with Crippen molar-refractivity contribution < 1.29 is 4.79 Å². The average Bonchev–Trinajstić information content (AvgIpc) is 2.79. The summed E-state index contributed by atoms with van der Waals surface area (Å²) >= 11 is 5.81. The van der Waals surface area contributed by atoms with Crippen LogP contribution in [0, 0.1) is 0 Å². The predicted molar refractivity (Wildman–Crippen MR) is 66.6 cm³/mol. The van der Waals surface area contributed by atoms with Crippen LogP contribution in [0.4, 0.5) is 4.79 Å². The first-order valence-corrected chi connectivity index (χ1v) is 5.69. The van der Waals surface area contributed by atoms with Crippen LogP contribution in [0.15, 0.2) is 24.3 Å².